The quantitative estimate of drug-likeness (QED) is 0.186. The van der Waals surface area contributed by atoms with Gasteiger partial charge in [-0.3, -0.25) is 0 Å². The molecule has 0 N–H and O–H groups in total. The normalized spacial score (nSPS) is 15.4. The van der Waals surface area contributed by atoms with Gasteiger partial charge in [0.05, 0.1) is 28.3 Å². The Morgan fingerprint density at radius 2 is 0.980 bits per heavy atom. The van der Waals surface area contributed by atoms with Crippen LogP contribution in [0, 0.1) is 0 Å². The summed E-state index contributed by atoms with van der Waals surface area (Å²) >= 11 is 0. The molecule has 1 aromatic heterocycles. The van der Waals surface area contributed by atoms with Gasteiger partial charge in [-0.15, -0.1) is 0 Å². The van der Waals surface area contributed by atoms with Crippen molar-refractivity contribution in [1.29, 1.82) is 0 Å². The molecule has 0 unspecified atom stereocenters. The minimum absolute atomic E-state index is 1.12. The van der Waals surface area contributed by atoms with Gasteiger partial charge in [-0.25, -0.2) is 0 Å². The Kier molecular flexibility index (Phi) is 7.53. The third kappa shape index (κ3) is 5.34. The molecule has 1 aliphatic rings. The van der Waals surface area contributed by atoms with E-state index in [0.717, 1.165) is 16.9 Å². The molecule has 2 nitrogen and oxygen atoms in total. The van der Waals surface area contributed by atoms with Gasteiger partial charge in [-0.1, -0.05) is 152 Å². The van der Waals surface area contributed by atoms with E-state index >= 15 is 0 Å². The number of allylic oxidation sites excluding steroid dienone is 6. The Balaban J connectivity index is 1.21. The first-order chi connectivity index (χ1) is 24.8. The number of anilines is 2. The fraction of sp³-hybridized carbons (Fsp3) is 0. The molecule has 0 bridgehead atoms. The van der Waals surface area contributed by atoms with Gasteiger partial charge in [0, 0.05) is 22.4 Å². The summed E-state index contributed by atoms with van der Waals surface area (Å²) in [6, 6.07) is 57.1. The van der Waals surface area contributed by atoms with E-state index in [-0.39, 0.29) is 0 Å². The maximum Gasteiger partial charge on any atom is 0.0541 e. The van der Waals surface area contributed by atoms with Crippen molar-refractivity contribution in [1.82, 2.24) is 4.57 Å². The van der Waals surface area contributed by atoms with Crippen molar-refractivity contribution < 1.29 is 0 Å². The minimum Gasteiger partial charge on any atom is -0.316 e. The number of nitrogens with zero attached hydrogens (tertiary/aromatic N) is 2. The Morgan fingerprint density at radius 1 is 0.360 bits per heavy atom. The zero-order valence-corrected chi connectivity index (χ0v) is 27.5. The van der Waals surface area contributed by atoms with Crippen LogP contribution in [-0.4, -0.2) is 4.57 Å². The summed E-state index contributed by atoms with van der Waals surface area (Å²) in [4.78, 5) is 2.31. The van der Waals surface area contributed by atoms with E-state index in [4.69, 9.17) is 0 Å². The van der Waals surface area contributed by atoms with E-state index in [1.165, 1.54) is 60.5 Å². The number of benzene rings is 7. The average Bonchev–Trinajstić information content (AvgIpc) is 3.54. The molecule has 0 amide bonds. The molecule has 1 aliphatic heterocycles. The Morgan fingerprint density at radius 3 is 1.78 bits per heavy atom. The topological polar surface area (TPSA) is 8.17 Å². The Bertz CT molecular complexity index is 2640. The van der Waals surface area contributed by atoms with Crippen molar-refractivity contribution in [2.45, 2.75) is 0 Å². The summed E-state index contributed by atoms with van der Waals surface area (Å²) < 4.78 is 2.42. The maximum atomic E-state index is 2.42. The molecule has 7 aromatic carbocycles. The molecule has 2 heterocycles. The zero-order chi connectivity index (χ0) is 33.3. The van der Waals surface area contributed by atoms with Gasteiger partial charge < -0.3 is 9.47 Å². The molecule has 0 atom stereocenters. The predicted molar refractivity (Wildman–Crippen MR) is 214 cm³/mol. The van der Waals surface area contributed by atoms with Crippen LogP contribution in [0.4, 0.5) is 11.4 Å². The first-order valence-electron chi connectivity index (χ1n) is 17.1. The largest absolute Gasteiger partial charge is 0.316 e. The highest BCUT2D eigenvalue weighted by atomic mass is 15.1. The Labute approximate surface area is 292 Å². The van der Waals surface area contributed by atoms with Gasteiger partial charge in [0.1, 0.15) is 0 Å². The van der Waals surface area contributed by atoms with Crippen molar-refractivity contribution in [3.63, 3.8) is 0 Å². The second-order valence-electron chi connectivity index (χ2n) is 12.6. The van der Waals surface area contributed by atoms with Crippen molar-refractivity contribution in [2.75, 3.05) is 4.90 Å². The van der Waals surface area contributed by atoms with Crippen LogP contribution in [0.5, 0.6) is 0 Å². The fourth-order valence-corrected chi connectivity index (χ4v) is 7.23. The second kappa shape index (κ2) is 12.8. The molecular weight excluding hydrogens is 605 g/mol. The standard InChI is InChI=1S/C48H34N2/c1-2-4-13-31-49(46-25-14-21-35-16-9-11-23-42(35)46)44-29-27-38(32-40(44)20-6-3-1)39-28-30-45-41(33-39)34-48(37-18-7-5-8-19-37)50(45)47-26-15-22-36-17-10-12-24-43(36)47/h1-34H/b3-1-,4-2-,20-6+,31-13-. The molecule has 8 aromatic rings. The van der Waals surface area contributed by atoms with Gasteiger partial charge in [-0.05, 0) is 81.6 Å². The molecule has 0 aliphatic carbocycles. The SMILES string of the molecule is C1=C\C=C/N(c2cccc3ccccc23)c2ccc(-c3ccc4c(c3)cc(-c3ccccc3)n4-c3cccc4ccccc34)cc2\C=C\C=C/1. The Hall–Kier alpha value is -6.64. The van der Waals surface area contributed by atoms with Gasteiger partial charge in [0.15, 0.2) is 0 Å². The molecule has 0 radical (unpaired) electrons. The molecule has 50 heavy (non-hydrogen) atoms. The molecular formula is C48H34N2. The van der Waals surface area contributed by atoms with Crippen molar-refractivity contribution >= 4 is 49.9 Å². The molecule has 0 spiro atoms. The number of fused-ring (bicyclic) bond motifs is 4. The smallest absolute Gasteiger partial charge is 0.0541 e. The predicted octanol–water partition coefficient (Wildman–Crippen LogP) is 13.1. The van der Waals surface area contributed by atoms with Crippen LogP contribution in [0.25, 0.3) is 66.6 Å². The maximum absolute atomic E-state index is 2.42. The molecule has 0 fully saturated rings. The lowest BCUT2D eigenvalue weighted by atomic mass is 9.99. The van der Waals surface area contributed by atoms with Gasteiger partial charge in [-0.2, -0.15) is 0 Å². The number of hydrogen-bond donors (Lipinski definition) is 0. The summed E-state index contributed by atoms with van der Waals surface area (Å²) in [5.41, 5.74) is 10.5. The minimum atomic E-state index is 1.12. The van der Waals surface area contributed by atoms with Crippen LogP contribution in [0.3, 0.4) is 0 Å². The van der Waals surface area contributed by atoms with E-state index in [1.54, 1.807) is 0 Å². The molecule has 0 saturated carbocycles. The van der Waals surface area contributed by atoms with E-state index in [2.05, 4.69) is 216 Å². The summed E-state index contributed by atoms with van der Waals surface area (Å²) in [7, 11) is 0. The van der Waals surface area contributed by atoms with Gasteiger partial charge >= 0.3 is 0 Å². The lowest BCUT2D eigenvalue weighted by Crippen LogP contribution is -2.10. The summed E-state index contributed by atoms with van der Waals surface area (Å²) in [5.74, 6) is 0. The summed E-state index contributed by atoms with van der Waals surface area (Å²) in [6.07, 6.45) is 16.9. The molecule has 2 heteroatoms. The van der Waals surface area contributed by atoms with Crippen molar-refractivity contribution in [3.8, 4) is 28.1 Å². The van der Waals surface area contributed by atoms with Crippen molar-refractivity contribution in [3.05, 3.63) is 206 Å². The van der Waals surface area contributed by atoms with Gasteiger partial charge in [0.25, 0.3) is 0 Å². The highest BCUT2D eigenvalue weighted by Crippen LogP contribution is 2.39. The zero-order valence-electron chi connectivity index (χ0n) is 27.5. The highest BCUT2D eigenvalue weighted by Gasteiger charge is 2.17. The average molecular weight is 639 g/mol. The summed E-state index contributed by atoms with van der Waals surface area (Å²) in [5, 5.41) is 6.11. The lowest BCUT2D eigenvalue weighted by molar-refractivity contribution is 1.15. The second-order valence-corrected chi connectivity index (χ2v) is 12.6. The van der Waals surface area contributed by atoms with Crippen LogP contribution in [0.1, 0.15) is 5.56 Å². The van der Waals surface area contributed by atoms with Crippen molar-refractivity contribution in [2.24, 2.45) is 0 Å². The summed E-state index contributed by atoms with van der Waals surface area (Å²) in [6.45, 7) is 0. The fourth-order valence-electron chi connectivity index (χ4n) is 7.23. The highest BCUT2D eigenvalue weighted by molar-refractivity contribution is 5.99. The third-order valence-corrected chi connectivity index (χ3v) is 9.59. The van der Waals surface area contributed by atoms with Gasteiger partial charge in [0.2, 0.25) is 0 Å². The van der Waals surface area contributed by atoms with Crippen LogP contribution >= 0.6 is 0 Å². The first-order valence-corrected chi connectivity index (χ1v) is 17.1. The van der Waals surface area contributed by atoms with E-state index in [0.29, 0.717) is 0 Å². The molecule has 0 saturated heterocycles. The lowest BCUT2D eigenvalue weighted by Gasteiger charge is -2.25. The monoisotopic (exact) mass is 638 g/mol. The molecule has 9 rings (SSSR count). The first kappa shape index (κ1) is 29.5. The van der Waals surface area contributed by atoms with E-state index in [9.17, 15) is 0 Å². The van der Waals surface area contributed by atoms with Crippen LogP contribution < -0.4 is 4.90 Å². The van der Waals surface area contributed by atoms with Crippen LogP contribution in [0.2, 0.25) is 0 Å². The molecule has 236 valence electrons. The van der Waals surface area contributed by atoms with E-state index in [1.807, 2.05) is 0 Å². The number of aromatic nitrogens is 1. The number of hydrogen-bond acceptors (Lipinski definition) is 1. The van der Waals surface area contributed by atoms with Crippen LogP contribution in [0.15, 0.2) is 200 Å². The third-order valence-electron chi connectivity index (χ3n) is 9.59. The van der Waals surface area contributed by atoms with E-state index < -0.39 is 0 Å². The number of rotatable bonds is 4. The van der Waals surface area contributed by atoms with Crippen LogP contribution in [-0.2, 0) is 0 Å².